The Morgan fingerprint density at radius 2 is 1.80 bits per heavy atom. The van der Waals surface area contributed by atoms with E-state index in [0.29, 0.717) is 17.5 Å². The van der Waals surface area contributed by atoms with E-state index in [1.807, 2.05) is 30.3 Å². The van der Waals surface area contributed by atoms with Gasteiger partial charge in [0.25, 0.3) is 0 Å². The normalized spacial score (nSPS) is 18.6. The predicted octanol–water partition coefficient (Wildman–Crippen LogP) is 3.32. The van der Waals surface area contributed by atoms with Crippen molar-refractivity contribution in [2.24, 2.45) is 0 Å². The molecule has 1 aliphatic rings. The van der Waals surface area contributed by atoms with Gasteiger partial charge in [-0.2, -0.15) is 4.31 Å². The molecule has 0 amide bonds. The van der Waals surface area contributed by atoms with Crippen LogP contribution in [0.3, 0.4) is 0 Å². The minimum absolute atomic E-state index is 0.143. The molecule has 1 atom stereocenters. The van der Waals surface area contributed by atoms with Crippen LogP contribution in [0.5, 0.6) is 0 Å². The summed E-state index contributed by atoms with van der Waals surface area (Å²) < 4.78 is 33.0. The molecule has 2 aromatic carbocycles. The van der Waals surface area contributed by atoms with Crippen molar-refractivity contribution < 1.29 is 12.8 Å². The monoisotopic (exact) mass is 355 g/mol. The number of nitrogens with zero attached hydrogens (tertiary/aromatic N) is 1. The largest absolute Gasteiger partial charge is 0.423 e. The van der Waals surface area contributed by atoms with Gasteiger partial charge in [0.2, 0.25) is 10.0 Å². The summed E-state index contributed by atoms with van der Waals surface area (Å²) >= 11 is 0. The lowest BCUT2D eigenvalue weighted by atomic mass is 10.1. The van der Waals surface area contributed by atoms with E-state index in [-0.39, 0.29) is 10.9 Å². The number of sulfonamides is 1. The molecule has 0 spiro atoms. The SMILES string of the molecule is O=c1ccc2cc(S(=O)(=O)N3CCCC3c3ccccc3)ccc2o1. The van der Waals surface area contributed by atoms with Crippen molar-refractivity contribution >= 4 is 21.0 Å². The van der Waals surface area contributed by atoms with Crippen molar-refractivity contribution in [3.63, 3.8) is 0 Å². The second-order valence-electron chi connectivity index (χ2n) is 6.14. The zero-order chi connectivity index (χ0) is 17.4. The van der Waals surface area contributed by atoms with E-state index in [0.717, 1.165) is 18.4 Å². The van der Waals surface area contributed by atoms with E-state index in [2.05, 4.69) is 0 Å². The van der Waals surface area contributed by atoms with E-state index < -0.39 is 15.6 Å². The Bertz CT molecular complexity index is 1070. The molecule has 3 aromatic rings. The zero-order valence-electron chi connectivity index (χ0n) is 13.5. The van der Waals surface area contributed by atoms with Crippen LogP contribution in [0.2, 0.25) is 0 Å². The first-order chi connectivity index (χ1) is 12.1. The second kappa shape index (κ2) is 6.13. The van der Waals surface area contributed by atoms with Crippen molar-refractivity contribution in [1.82, 2.24) is 4.31 Å². The molecule has 4 rings (SSSR count). The van der Waals surface area contributed by atoms with Gasteiger partial charge in [0.05, 0.1) is 10.9 Å². The maximum absolute atomic E-state index is 13.2. The predicted molar refractivity (Wildman–Crippen MR) is 94.8 cm³/mol. The first-order valence-electron chi connectivity index (χ1n) is 8.16. The molecule has 25 heavy (non-hydrogen) atoms. The molecule has 2 heterocycles. The summed E-state index contributed by atoms with van der Waals surface area (Å²) in [5.74, 6) is 0. The highest BCUT2D eigenvalue weighted by molar-refractivity contribution is 7.89. The number of hydrogen-bond donors (Lipinski definition) is 0. The lowest BCUT2D eigenvalue weighted by Crippen LogP contribution is -2.30. The number of benzene rings is 2. The van der Waals surface area contributed by atoms with Gasteiger partial charge in [-0.1, -0.05) is 30.3 Å². The van der Waals surface area contributed by atoms with Crippen LogP contribution in [0.1, 0.15) is 24.4 Å². The summed E-state index contributed by atoms with van der Waals surface area (Å²) in [5.41, 5.74) is 0.939. The van der Waals surface area contributed by atoms with Crippen LogP contribution in [0.25, 0.3) is 11.0 Å². The smallest absolute Gasteiger partial charge is 0.336 e. The Labute approximate surface area is 145 Å². The minimum Gasteiger partial charge on any atom is -0.423 e. The van der Waals surface area contributed by atoms with Crippen molar-refractivity contribution in [1.29, 1.82) is 0 Å². The minimum atomic E-state index is -3.62. The highest BCUT2D eigenvalue weighted by Gasteiger charge is 2.36. The van der Waals surface area contributed by atoms with Gasteiger partial charge in [-0.05, 0) is 42.7 Å². The maximum atomic E-state index is 13.2. The molecule has 0 radical (unpaired) electrons. The number of hydrogen-bond acceptors (Lipinski definition) is 4. The second-order valence-corrected chi connectivity index (χ2v) is 8.03. The fourth-order valence-electron chi connectivity index (χ4n) is 3.38. The molecular weight excluding hydrogens is 338 g/mol. The fourth-order valence-corrected chi connectivity index (χ4v) is 5.10. The van der Waals surface area contributed by atoms with Crippen molar-refractivity contribution in [2.75, 3.05) is 6.54 Å². The molecule has 6 heteroatoms. The van der Waals surface area contributed by atoms with Gasteiger partial charge in [0, 0.05) is 18.0 Å². The van der Waals surface area contributed by atoms with Crippen LogP contribution in [-0.2, 0) is 10.0 Å². The third-order valence-electron chi connectivity index (χ3n) is 4.59. The van der Waals surface area contributed by atoms with E-state index in [9.17, 15) is 13.2 Å². The lowest BCUT2D eigenvalue weighted by Gasteiger charge is -2.24. The Kier molecular flexibility index (Phi) is 3.94. The first kappa shape index (κ1) is 16.1. The Morgan fingerprint density at radius 1 is 1.00 bits per heavy atom. The van der Waals surface area contributed by atoms with Crippen molar-refractivity contribution in [3.05, 3.63) is 76.6 Å². The molecule has 0 aliphatic carbocycles. The van der Waals surface area contributed by atoms with Crippen LogP contribution < -0.4 is 5.63 Å². The lowest BCUT2D eigenvalue weighted by molar-refractivity contribution is 0.397. The summed E-state index contributed by atoms with van der Waals surface area (Å²) in [7, 11) is -3.62. The third kappa shape index (κ3) is 2.88. The Hall–Kier alpha value is -2.44. The van der Waals surface area contributed by atoms with E-state index in [4.69, 9.17) is 4.42 Å². The van der Waals surface area contributed by atoms with Crippen LogP contribution in [0, 0.1) is 0 Å². The summed E-state index contributed by atoms with van der Waals surface area (Å²) in [4.78, 5) is 11.5. The van der Waals surface area contributed by atoms with Crippen LogP contribution in [-0.4, -0.2) is 19.3 Å². The Morgan fingerprint density at radius 3 is 2.60 bits per heavy atom. The van der Waals surface area contributed by atoms with Crippen LogP contribution in [0.15, 0.2) is 74.8 Å². The van der Waals surface area contributed by atoms with Gasteiger partial charge in [0.1, 0.15) is 5.58 Å². The average molecular weight is 355 g/mol. The van der Waals surface area contributed by atoms with E-state index in [1.54, 1.807) is 16.4 Å². The molecule has 5 nitrogen and oxygen atoms in total. The summed E-state index contributed by atoms with van der Waals surface area (Å²) in [6.45, 7) is 0.504. The molecule has 0 saturated carbocycles. The summed E-state index contributed by atoms with van der Waals surface area (Å²) in [5, 5.41) is 0.594. The van der Waals surface area contributed by atoms with E-state index >= 15 is 0 Å². The topological polar surface area (TPSA) is 67.6 Å². The maximum Gasteiger partial charge on any atom is 0.336 e. The van der Waals surface area contributed by atoms with E-state index in [1.165, 1.54) is 18.2 Å². The first-order valence-corrected chi connectivity index (χ1v) is 9.60. The molecule has 128 valence electrons. The van der Waals surface area contributed by atoms with Crippen molar-refractivity contribution in [3.8, 4) is 0 Å². The molecule has 1 saturated heterocycles. The van der Waals surface area contributed by atoms with Gasteiger partial charge >= 0.3 is 5.63 Å². The molecule has 0 bridgehead atoms. The molecule has 1 fully saturated rings. The van der Waals surface area contributed by atoms with Gasteiger partial charge in [0.15, 0.2) is 0 Å². The Balaban J connectivity index is 1.76. The highest BCUT2D eigenvalue weighted by Crippen LogP contribution is 2.36. The van der Waals surface area contributed by atoms with Crippen LogP contribution in [0.4, 0.5) is 0 Å². The van der Waals surface area contributed by atoms with Gasteiger partial charge in [-0.25, -0.2) is 13.2 Å². The third-order valence-corrected chi connectivity index (χ3v) is 6.49. The summed E-state index contributed by atoms with van der Waals surface area (Å²) in [6, 6.07) is 17.0. The summed E-state index contributed by atoms with van der Waals surface area (Å²) in [6.07, 6.45) is 1.65. The average Bonchev–Trinajstić information content (AvgIpc) is 3.12. The zero-order valence-corrected chi connectivity index (χ0v) is 14.3. The van der Waals surface area contributed by atoms with Crippen molar-refractivity contribution in [2.45, 2.75) is 23.8 Å². The van der Waals surface area contributed by atoms with Crippen LogP contribution >= 0.6 is 0 Å². The number of fused-ring (bicyclic) bond motifs is 1. The van der Waals surface area contributed by atoms with Gasteiger partial charge in [-0.15, -0.1) is 0 Å². The number of rotatable bonds is 3. The molecular formula is C19H17NO4S. The molecule has 0 N–H and O–H groups in total. The highest BCUT2D eigenvalue weighted by atomic mass is 32.2. The molecule has 1 aromatic heterocycles. The van der Waals surface area contributed by atoms with Gasteiger partial charge < -0.3 is 4.42 Å². The van der Waals surface area contributed by atoms with Gasteiger partial charge in [-0.3, -0.25) is 0 Å². The molecule has 1 unspecified atom stereocenters. The quantitative estimate of drug-likeness (QED) is 0.676. The molecule has 1 aliphatic heterocycles. The fraction of sp³-hybridized carbons (Fsp3) is 0.211. The standard InChI is InChI=1S/C19H17NO4S/c21-19-11-8-15-13-16(9-10-18(15)24-19)25(22,23)20-12-4-7-17(20)14-5-2-1-3-6-14/h1-3,5-6,8-11,13,17H,4,7,12H2.